The second kappa shape index (κ2) is 9.28. The Kier molecular flexibility index (Phi) is 6.02. The van der Waals surface area contributed by atoms with E-state index in [1.807, 2.05) is 22.9 Å². The molecule has 3 amide bonds. The summed E-state index contributed by atoms with van der Waals surface area (Å²) in [5.41, 5.74) is 2.17. The molecule has 0 saturated carbocycles. The number of thiophene rings is 2. The lowest BCUT2D eigenvalue weighted by Gasteiger charge is -2.15. The summed E-state index contributed by atoms with van der Waals surface area (Å²) >= 11 is 2.71. The number of imide groups is 1. The van der Waals surface area contributed by atoms with E-state index in [0.29, 0.717) is 32.9 Å². The number of anilines is 2. The number of benzene rings is 2. The van der Waals surface area contributed by atoms with Gasteiger partial charge in [0.2, 0.25) is 0 Å². The van der Waals surface area contributed by atoms with E-state index in [1.165, 1.54) is 28.7 Å². The van der Waals surface area contributed by atoms with Crippen molar-refractivity contribution in [3.05, 3.63) is 93.7 Å². The van der Waals surface area contributed by atoms with Crippen molar-refractivity contribution in [3.8, 4) is 10.4 Å². The normalized spacial score (nSPS) is 12.5. The van der Waals surface area contributed by atoms with Crippen molar-refractivity contribution in [2.24, 2.45) is 0 Å². The van der Waals surface area contributed by atoms with Crippen LogP contribution in [0.3, 0.4) is 0 Å². The average Bonchev–Trinajstić information content (AvgIpc) is 3.59. The molecule has 2 aromatic carbocycles. The standard InChI is InChI=1S/C26H18N2O5S2/c1-2-33-26(32)21-19(20-11-6-12-34-20)14-35-23(21)27-22(29)15-7-5-8-16(13-15)28-24(30)17-9-3-4-10-18(17)25(28)31/h3-14H,2H2,1H3,(H,27,29). The molecule has 35 heavy (non-hydrogen) atoms. The lowest BCUT2D eigenvalue weighted by Crippen LogP contribution is -2.29. The van der Waals surface area contributed by atoms with Crippen molar-refractivity contribution in [3.63, 3.8) is 0 Å². The van der Waals surface area contributed by atoms with Crippen molar-refractivity contribution >= 4 is 57.1 Å². The van der Waals surface area contributed by atoms with E-state index >= 15 is 0 Å². The van der Waals surface area contributed by atoms with Gasteiger partial charge in [0.1, 0.15) is 10.6 Å². The van der Waals surface area contributed by atoms with Crippen LogP contribution in [0, 0.1) is 0 Å². The number of nitrogens with zero attached hydrogens (tertiary/aromatic N) is 1. The summed E-state index contributed by atoms with van der Waals surface area (Å²) in [6.45, 7) is 1.92. The molecule has 1 N–H and O–H groups in total. The van der Waals surface area contributed by atoms with E-state index in [4.69, 9.17) is 4.74 Å². The van der Waals surface area contributed by atoms with Gasteiger partial charge in [-0.15, -0.1) is 22.7 Å². The van der Waals surface area contributed by atoms with E-state index in [-0.39, 0.29) is 12.2 Å². The maximum Gasteiger partial charge on any atom is 0.341 e. The van der Waals surface area contributed by atoms with Crippen molar-refractivity contribution in [1.82, 2.24) is 0 Å². The number of carbonyl (C=O) groups is 4. The minimum Gasteiger partial charge on any atom is -0.462 e. The average molecular weight is 503 g/mol. The minimum atomic E-state index is -0.521. The summed E-state index contributed by atoms with van der Waals surface area (Å²) in [7, 11) is 0. The Morgan fingerprint density at radius 1 is 0.914 bits per heavy atom. The third kappa shape index (κ3) is 4.05. The van der Waals surface area contributed by atoms with Gasteiger partial charge in [0, 0.05) is 21.4 Å². The summed E-state index contributed by atoms with van der Waals surface area (Å²) < 4.78 is 5.23. The second-order valence-corrected chi connectivity index (χ2v) is 9.37. The van der Waals surface area contributed by atoms with Crippen LogP contribution in [0.25, 0.3) is 10.4 Å². The molecule has 7 nitrogen and oxygen atoms in total. The number of rotatable bonds is 6. The van der Waals surface area contributed by atoms with Gasteiger partial charge in [-0.25, -0.2) is 9.69 Å². The van der Waals surface area contributed by atoms with Gasteiger partial charge in [0.25, 0.3) is 17.7 Å². The third-order valence-electron chi connectivity index (χ3n) is 5.44. The molecule has 4 aromatic rings. The van der Waals surface area contributed by atoms with Crippen LogP contribution < -0.4 is 10.2 Å². The van der Waals surface area contributed by atoms with Crippen molar-refractivity contribution in [2.75, 3.05) is 16.8 Å². The van der Waals surface area contributed by atoms with Crippen LogP contribution >= 0.6 is 22.7 Å². The molecule has 9 heteroatoms. The lowest BCUT2D eigenvalue weighted by molar-refractivity contribution is 0.0528. The van der Waals surface area contributed by atoms with Gasteiger partial charge in [-0.3, -0.25) is 14.4 Å². The molecule has 174 valence electrons. The van der Waals surface area contributed by atoms with Gasteiger partial charge in [0.15, 0.2) is 0 Å². The summed E-state index contributed by atoms with van der Waals surface area (Å²) in [4.78, 5) is 53.5. The molecule has 0 radical (unpaired) electrons. The number of hydrogen-bond donors (Lipinski definition) is 1. The number of esters is 1. The van der Waals surface area contributed by atoms with E-state index < -0.39 is 23.7 Å². The first-order chi connectivity index (χ1) is 17.0. The van der Waals surface area contributed by atoms with Gasteiger partial charge in [0.05, 0.1) is 23.4 Å². The first-order valence-corrected chi connectivity index (χ1v) is 12.5. The molecule has 0 fully saturated rings. The van der Waals surface area contributed by atoms with E-state index in [0.717, 1.165) is 9.78 Å². The number of amides is 3. The Labute approximate surface area is 208 Å². The van der Waals surface area contributed by atoms with Gasteiger partial charge in [-0.1, -0.05) is 24.3 Å². The Balaban J connectivity index is 1.44. The van der Waals surface area contributed by atoms with Crippen LogP contribution in [0.1, 0.15) is 48.4 Å². The number of fused-ring (bicyclic) bond motifs is 1. The van der Waals surface area contributed by atoms with Crippen LogP contribution in [-0.2, 0) is 4.74 Å². The molecule has 0 bridgehead atoms. The molecule has 0 aliphatic carbocycles. The summed E-state index contributed by atoms with van der Waals surface area (Å²) in [5, 5.41) is 6.88. The van der Waals surface area contributed by atoms with Crippen molar-refractivity contribution in [1.29, 1.82) is 0 Å². The number of hydrogen-bond acceptors (Lipinski definition) is 7. The zero-order valence-corrected chi connectivity index (χ0v) is 20.1. The fourth-order valence-electron chi connectivity index (χ4n) is 3.85. The van der Waals surface area contributed by atoms with Gasteiger partial charge < -0.3 is 10.1 Å². The predicted octanol–water partition coefficient (Wildman–Crippen LogP) is 5.71. The fourth-order valence-corrected chi connectivity index (χ4v) is 5.62. The highest BCUT2D eigenvalue weighted by molar-refractivity contribution is 7.17. The third-order valence-corrected chi connectivity index (χ3v) is 7.24. The molecule has 1 aliphatic heterocycles. The molecule has 2 aromatic heterocycles. The van der Waals surface area contributed by atoms with Crippen LogP contribution in [-0.4, -0.2) is 30.3 Å². The van der Waals surface area contributed by atoms with Gasteiger partial charge in [-0.05, 0) is 48.7 Å². The van der Waals surface area contributed by atoms with Crippen LogP contribution in [0.4, 0.5) is 10.7 Å². The van der Waals surface area contributed by atoms with Gasteiger partial charge in [-0.2, -0.15) is 0 Å². The number of ether oxygens (including phenoxy) is 1. The Morgan fingerprint density at radius 3 is 2.31 bits per heavy atom. The molecular formula is C26H18N2O5S2. The quantitative estimate of drug-likeness (QED) is 0.269. The van der Waals surface area contributed by atoms with Crippen LogP contribution in [0.2, 0.25) is 0 Å². The number of carbonyl (C=O) groups excluding carboxylic acids is 4. The molecule has 3 heterocycles. The Bertz CT molecular complexity index is 1440. The smallest absolute Gasteiger partial charge is 0.341 e. The molecule has 0 unspecified atom stereocenters. The summed E-state index contributed by atoms with van der Waals surface area (Å²) in [6.07, 6.45) is 0. The largest absolute Gasteiger partial charge is 0.462 e. The summed E-state index contributed by atoms with van der Waals surface area (Å²) in [6, 6.07) is 16.6. The van der Waals surface area contributed by atoms with E-state index in [9.17, 15) is 19.2 Å². The maximum absolute atomic E-state index is 13.1. The Morgan fingerprint density at radius 2 is 1.66 bits per heavy atom. The van der Waals surface area contributed by atoms with Crippen LogP contribution in [0.5, 0.6) is 0 Å². The number of nitrogens with one attached hydrogen (secondary N) is 1. The maximum atomic E-state index is 13.1. The molecule has 0 saturated heterocycles. The first-order valence-electron chi connectivity index (χ1n) is 10.7. The highest BCUT2D eigenvalue weighted by Crippen LogP contribution is 2.38. The van der Waals surface area contributed by atoms with E-state index in [2.05, 4.69) is 5.32 Å². The summed E-state index contributed by atoms with van der Waals surface area (Å²) in [5.74, 6) is -1.88. The fraction of sp³-hybridized carbons (Fsp3) is 0.0769. The predicted molar refractivity (Wildman–Crippen MR) is 136 cm³/mol. The van der Waals surface area contributed by atoms with E-state index in [1.54, 1.807) is 49.4 Å². The zero-order chi connectivity index (χ0) is 24.5. The monoisotopic (exact) mass is 502 g/mol. The lowest BCUT2D eigenvalue weighted by atomic mass is 10.1. The molecule has 1 aliphatic rings. The molecule has 0 spiro atoms. The first kappa shape index (κ1) is 22.7. The molecular weight excluding hydrogens is 484 g/mol. The van der Waals surface area contributed by atoms with Crippen molar-refractivity contribution in [2.45, 2.75) is 6.92 Å². The Hall–Kier alpha value is -4.08. The van der Waals surface area contributed by atoms with Crippen molar-refractivity contribution < 1.29 is 23.9 Å². The topological polar surface area (TPSA) is 92.8 Å². The van der Waals surface area contributed by atoms with Crippen LogP contribution in [0.15, 0.2) is 71.4 Å². The highest BCUT2D eigenvalue weighted by atomic mass is 32.1. The SMILES string of the molecule is CCOC(=O)c1c(-c2cccs2)csc1NC(=O)c1cccc(N2C(=O)c3ccccc3C2=O)c1. The second-order valence-electron chi connectivity index (χ2n) is 7.55. The molecule has 5 rings (SSSR count). The minimum absolute atomic E-state index is 0.203. The molecule has 0 atom stereocenters. The highest BCUT2D eigenvalue weighted by Gasteiger charge is 2.36. The van der Waals surface area contributed by atoms with Gasteiger partial charge >= 0.3 is 5.97 Å². The zero-order valence-electron chi connectivity index (χ0n) is 18.4.